The van der Waals surface area contributed by atoms with Crippen LogP contribution in [0.3, 0.4) is 0 Å². The predicted octanol–water partition coefficient (Wildman–Crippen LogP) is 2.56. The van der Waals surface area contributed by atoms with Crippen molar-refractivity contribution in [2.45, 2.75) is 6.54 Å². The van der Waals surface area contributed by atoms with Gasteiger partial charge in [0.05, 0.1) is 12.8 Å². The quantitative estimate of drug-likeness (QED) is 0.687. The molecule has 0 radical (unpaired) electrons. The van der Waals surface area contributed by atoms with Crippen molar-refractivity contribution in [2.75, 3.05) is 24.8 Å². The number of alkyl halides is 2. The van der Waals surface area contributed by atoms with Crippen LogP contribution >= 0.6 is 23.2 Å². The Morgan fingerprint density at radius 3 is 2.38 bits per heavy atom. The fourth-order valence-corrected chi connectivity index (χ4v) is 1.61. The van der Waals surface area contributed by atoms with Crippen molar-refractivity contribution in [1.82, 2.24) is 4.90 Å². The van der Waals surface area contributed by atoms with Crippen molar-refractivity contribution in [3.63, 3.8) is 0 Å². The van der Waals surface area contributed by atoms with Crippen molar-refractivity contribution in [2.24, 2.45) is 0 Å². The predicted molar refractivity (Wildman–Crippen MR) is 55.4 cm³/mol. The number of hydrogen-bond donors (Lipinski definition) is 0. The molecule has 13 heavy (non-hydrogen) atoms. The molecule has 0 unspecified atom stereocenters. The monoisotopic (exact) mass is 221 g/mol. The first kappa shape index (κ1) is 10.9. The first-order chi connectivity index (χ1) is 6.36. The van der Waals surface area contributed by atoms with Crippen molar-refractivity contribution in [3.8, 4) is 0 Å². The summed E-state index contributed by atoms with van der Waals surface area (Å²) in [5.41, 5.74) is 0. The van der Waals surface area contributed by atoms with E-state index >= 15 is 0 Å². The Labute approximate surface area is 88.4 Å². The van der Waals surface area contributed by atoms with E-state index in [0.29, 0.717) is 11.8 Å². The summed E-state index contributed by atoms with van der Waals surface area (Å²) in [6.45, 7) is 2.47. The van der Waals surface area contributed by atoms with E-state index in [4.69, 9.17) is 27.6 Å². The van der Waals surface area contributed by atoms with Gasteiger partial charge in [0.15, 0.2) is 0 Å². The van der Waals surface area contributed by atoms with Gasteiger partial charge in [-0.3, -0.25) is 4.90 Å². The summed E-state index contributed by atoms with van der Waals surface area (Å²) in [6.07, 6.45) is 1.68. The molecule has 0 aliphatic carbocycles. The van der Waals surface area contributed by atoms with E-state index in [1.165, 1.54) is 0 Å². The second kappa shape index (κ2) is 6.30. The van der Waals surface area contributed by atoms with Crippen LogP contribution in [0.25, 0.3) is 0 Å². The van der Waals surface area contributed by atoms with Crippen LogP contribution in [-0.2, 0) is 6.54 Å². The Hall–Kier alpha value is -0.180. The number of hydrogen-bond acceptors (Lipinski definition) is 2. The van der Waals surface area contributed by atoms with Gasteiger partial charge in [-0.05, 0) is 12.1 Å². The van der Waals surface area contributed by atoms with Crippen LogP contribution in [0.5, 0.6) is 0 Å². The maximum Gasteiger partial charge on any atom is 0.117 e. The van der Waals surface area contributed by atoms with E-state index in [1.54, 1.807) is 6.26 Å². The van der Waals surface area contributed by atoms with Gasteiger partial charge in [-0.2, -0.15) is 0 Å². The van der Waals surface area contributed by atoms with Crippen LogP contribution in [0.4, 0.5) is 0 Å². The maximum absolute atomic E-state index is 5.66. The van der Waals surface area contributed by atoms with Gasteiger partial charge < -0.3 is 4.42 Å². The molecule has 1 rings (SSSR count). The number of furan rings is 1. The molecular weight excluding hydrogens is 209 g/mol. The number of halogens is 2. The third-order valence-corrected chi connectivity index (χ3v) is 2.10. The number of rotatable bonds is 6. The third-order valence-electron chi connectivity index (χ3n) is 1.76. The molecule has 1 aromatic heterocycles. The van der Waals surface area contributed by atoms with Crippen LogP contribution in [-0.4, -0.2) is 29.7 Å². The Balaban J connectivity index is 2.37. The molecule has 0 amide bonds. The van der Waals surface area contributed by atoms with Crippen molar-refractivity contribution in [1.29, 1.82) is 0 Å². The molecule has 0 saturated carbocycles. The van der Waals surface area contributed by atoms with Gasteiger partial charge in [0.1, 0.15) is 5.76 Å². The van der Waals surface area contributed by atoms with Crippen LogP contribution in [0.2, 0.25) is 0 Å². The molecular formula is C9H13Cl2NO. The van der Waals surface area contributed by atoms with Crippen molar-refractivity contribution < 1.29 is 4.42 Å². The Morgan fingerprint density at radius 2 is 1.92 bits per heavy atom. The molecule has 1 heterocycles. The second-order valence-corrected chi connectivity index (χ2v) is 3.49. The lowest BCUT2D eigenvalue weighted by atomic mass is 10.4. The van der Waals surface area contributed by atoms with Crippen LogP contribution in [0.15, 0.2) is 22.8 Å². The Bertz CT molecular complexity index is 207. The van der Waals surface area contributed by atoms with Gasteiger partial charge in [0, 0.05) is 24.8 Å². The second-order valence-electron chi connectivity index (χ2n) is 2.73. The average molecular weight is 222 g/mol. The zero-order valence-corrected chi connectivity index (χ0v) is 8.89. The molecule has 0 N–H and O–H groups in total. The van der Waals surface area contributed by atoms with E-state index in [2.05, 4.69) is 4.90 Å². The van der Waals surface area contributed by atoms with Crippen molar-refractivity contribution >= 4 is 23.2 Å². The lowest BCUT2D eigenvalue weighted by Gasteiger charge is -2.17. The first-order valence-corrected chi connectivity index (χ1v) is 5.30. The third kappa shape index (κ3) is 4.03. The zero-order valence-electron chi connectivity index (χ0n) is 7.38. The summed E-state index contributed by atoms with van der Waals surface area (Å²) in [7, 11) is 0. The maximum atomic E-state index is 5.66. The first-order valence-electron chi connectivity index (χ1n) is 4.23. The Kier molecular flexibility index (Phi) is 5.28. The summed E-state index contributed by atoms with van der Waals surface area (Å²) in [6, 6.07) is 3.84. The molecule has 0 aliphatic rings. The molecule has 1 aromatic rings. The van der Waals surface area contributed by atoms with E-state index in [0.717, 1.165) is 25.4 Å². The summed E-state index contributed by atoms with van der Waals surface area (Å²) >= 11 is 11.3. The Morgan fingerprint density at radius 1 is 1.23 bits per heavy atom. The van der Waals surface area contributed by atoms with Gasteiger partial charge >= 0.3 is 0 Å². The molecule has 74 valence electrons. The summed E-state index contributed by atoms with van der Waals surface area (Å²) in [5, 5.41) is 0. The minimum Gasteiger partial charge on any atom is -0.468 e. The molecule has 0 atom stereocenters. The largest absolute Gasteiger partial charge is 0.468 e. The highest BCUT2D eigenvalue weighted by Gasteiger charge is 2.05. The molecule has 0 saturated heterocycles. The molecule has 4 heteroatoms. The zero-order chi connectivity index (χ0) is 9.52. The normalized spacial score (nSPS) is 11.0. The lowest BCUT2D eigenvalue weighted by Crippen LogP contribution is -2.27. The van der Waals surface area contributed by atoms with Gasteiger partial charge in [0.25, 0.3) is 0 Å². The minimum absolute atomic E-state index is 0.623. The molecule has 2 nitrogen and oxygen atoms in total. The van der Waals surface area contributed by atoms with E-state index in [-0.39, 0.29) is 0 Å². The van der Waals surface area contributed by atoms with Gasteiger partial charge in [0.2, 0.25) is 0 Å². The van der Waals surface area contributed by atoms with Crippen LogP contribution in [0.1, 0.15) is 5.76 Å². The standard InChI is InChI=1S/C9H13Cl2NO/c10-3-5-12(6-4-11)8-9-2-1-7-13-9/h1-2,7H,3-6,8H2. The highest BCUT2D eigenvalue weighted by atomic mass is 35.5. The van der Waals surface area contributed by atoms with E-state index in [9.17, 15) is 0 Å². The molecule has 0 fully saturated rings. The fourth-order valence-electron chi connectivity index (χ4n) is 1.13. The molecule has 0 spiro atoms. The molecule has 0 bridgehead atoms. The molecule has 0 aromatic carbocycles. The van der Waals surface area contributed by atoms with E-state index in [1.807, 2.05) is 12.1 Å². The highest BCUT2D eigenvalue weighted by molar-refractivity contribution is 6.18. The summed E-state index contributed by atoms with van der Waals surface area (Å²) < 4.78 is 5.23. The van der Waals surface area contributed by atoms with Crippen molar-refractivity contribution in [3.05, 3.63) is 24.2 Å². The highest BCUT2D eigenvalue weighted by Crippen LogP contribution is 2.05. The fraction of sp³-hybridized carbons (Fsp3) is 0.556. The SMILES string of the molecule is ClCCN(CCCl)Cc1ccco1. The average Bonchev–Trinajstić information content (AvgIpc) is 2.58. The van der Waals surface area contributed by atoms with Gasteiger partial charge in [-0.1, -0.05) is 0 Å². The minimum atomic E-state index is 0.623. The smallest absolute Gasteiger partial charge is 0.117 e. The van der Waals surface area contributed by atoms with Crippen LogP contribution in [0, 0.1) is 0 Å². The molecule has 0 aliphatic heterocycles. The lowest BCUT2D eigenvalue weighted by molar-refractivity contribution is 0.272. The number of nitrogens with zero attached hydrogens (tertiary/aromatic N) is 1. The summed E-state index contributed by atoms with van der Waals surface area (Å²) in [4.78, 5) is 2.17. The van der Waals surface area contributed by atoms with E-state index < -0.39 is 0 Å². The summed E-state index contributed by atoms with van der Waals surface area (Å²) in [5.74, 6) is 2.20. The van der Waals surface area contributed by atoms with Gasteiger partial charge in [-0.25, -0.2) is 0 Å². The van der Waals surface area contributed by atoms with Gasteiger partial charge in [-0.15, -0.1) is 23.2 Å². The van der Waals surface area contributed by atoms with Crippen LogP contribution < -0.4 is 0 Å². The topological polar surface area (TPSA) is 16.4 Å².